The van der Waals surface area contributed by atoms with E-state index in [-0.39, 0.29) is 5.56 Å². The predicted octanol–water partition coefficient (Wildman–Crippen LogP) is 1.75. The Bertz CT molecular complexity index is 785. The number of aromatic amines is 1. The molecule has 0 amide bonds. The Balaban J connectivity index is 1.72. The van der Waals surface area contributed by atoms with Gasteiger partial charge in [-0.25, -0.2) is 4.98 Å². The molecule has 1 aliphatic rings. The lowest BCUT2D eigenvalue weighted by molar-refractivity contribution is 0.111. The molecule has 1 N–H and O–H groups in total. The van der Waals surface area contributed by atoms with Crippen molar-refractivity contribution in [2.75, 3.05) is 34.3 Å². The number of nitrogens with one attached hydrogen (secondary N) is 1. The average molecular weight is 350 g/mol. The van der Waals surface area contributed by atoms with Gasteiger partial charge >= 0.3 is 0 Å². The number of hydrogen-bond acceptors (Lipinski definition) is 6. The largest absolute Gasteiger partial charge is 0.380 e. The van der Waals surface area contributed by atoms with Crippen LogP contribution in [0.2, 0.25) is 0 Å². The number of ether oxygens (including phenoxy) is 1. The Morgan fingerprint density at radius 3 is 2.88 bits per heavy atom. The molecular weight excluding hydrogens is 324 g/mol. The first-order chi connectivity index (χ1) is 11.4. The summed E-state index contributed by atoms with van der Waals surface area (Å²) in [5.74, 6) is 0.736. The third kappa shape index (κ3) is 3.39. The number of aryl methyl sites for hydroxylation is 2. The molecule has 2 aromatic heterocycles. The van der Waals surface area contributed by atoms with Gasteiger partial charge in [0, 0.05) is 31.1 Å². The lowest BCUT2D eigenvalue weighted by Gasteiger charge is -2.25. The summed E-state index contributed by atoms with van der Waals surface area (Å²) in [5, 5.41) is 0.738. The predicted molar refractivity (Wildman–Crippen MR) is 97.9 cm³/mol. The first-order valence-electron chi connectivity index (χ1n) is 8.29. The highest BCUT2D eigenvalue weighted by Crippen LogP contribution is 2.26. The Hall–Kier alpha value is -1.28. The number of aromatic nitrogens is 2. The second-order valence-electron chi connectivity index (χ2n) is 6.86. The Morgan fingerprint density at radius 1 is 1.46 bits per heavy atom. The number of methoxy groups -OCH3 is 1. The van der Waals surface area contributed by atoms with Crippen molar-refractivity contribution in [3.05, 3.63) is 26.6 Å². The Kier molecular flexibility index (Phi) is 5.05. The van der Waals surface area contributed by atoms with E-state index in [4.69, 9.17) is 4.74 Å². The van der Waals surface area contributed by atoms with Crippen molar-refractivity contribution in [2.45, 2.75) is 39.0 Å². The fourth-order valence-corrected chi connectivity index (χ4v) is 4.52. The molecule has 0 aromatic carbocycles. The van der Waals surface area contributed by atoms with E-state index in [1.54, 1.807) is 18.4 Å². The van der Waals surface area contributed by atoms with Crippen molar-refractivity contribution in [3.63, 3.8) is 0 Å². The van der Waals surface area contributed by atoms with Gasteiger partial charge in [-0.3, -0.25) is 14.6 Å². The van der Waals surface area contributed by atoms with E-state index in [2.05, 4.69) is 33.9 Å². The second-order valence-corrected chi connectivity index (χ2v) is 8.06. The number of thiophene rings is 1. The minimum absolute atomic E-state index is 0.0253. The molecule has 2 aromatic rings. The molecule has 7 heteroatoms. The normalized spacial score (nSPS) is 22.1. The Morgan fingerprint density at radius 2 is 2.21 bits per heavy atom. The first kappa shape index (κ1) is 17.5. The van der Waals surface area contributed by atoms with Crippen LogP contribution in [-0.4, -0.2) is 66.2 Å². The molecular formula is C17H26N4O2S. The summed E-state index contributed by atoms with van der Waals surface area (Å²) in [7, 11) is 5.99. The van der Waals surface area contributed by atoms with Crippen LogP contribution >= 0.6 is 11.3 Å². The van der Waals surface area contributed by atoms with E-state index >= 15 is 0 Å². The molecule has 3 rings (SSSR count). The lowest BCUT2D eigenvalue weighted by Crippen LogP contribution is -2.36. The Labute approximate surface area is 146 Å². The van der Waals surface area contributed by atoms with Crippen molar-refractivity contribution >= 4 is 21.6 Å². The summed E-state index contributed by atoms with van der Waals surface area (Å²) in [4.78, 5) is 26.5. The molecule has 0 spiro atoms. The molecule has 0 radical (unpaired) electrons. The monoisotopic (exact) mass is 350 g/mol. The van der Waals surface area contributed by atoms with Crippen molar-refractivity contribution in [2.24, 2.45) is 0 Å². The van der Waals surface area contributed by atoms with Crippen LogP contribution in [-0.2, 0) is 11.3 Å². The summed E-state index contributed by atoms with van der Waals surface area (Å²) in [5.41, 5.74) is 1.02. The number of rotatable bonds is 5. The molecule has 3 heterocycles. The minimum atomic E-state index is -0.0253. The summed E-state index contributed by atoms with van der Waals surface area (Å²) < 4.78 is 5.47. The van der Waals surface area contributed by atoms with Crippen LogP contribution in [0.1, 0.15) is 22.7 Å². The van der Waals surface area contributed by atoms with E-state index in [1.165, 1.54) is 0 Å². The summed E-state index contributed by atoms with van der Waals surface area (Å²) in [6.07, 6.45) is 1.36. The molecule has 24 heavy (non-hydrogen) atoms. The molecule has 1 fully saturated rings. The smallest absolute Gasteiger partial charge is 0.259 e. The van der Waals surface area contributed by atoms with E-state index < -0.39 is 0 Å². The van der Waals surface area contributed by atoms with Crippen molar-refractivity contribution in [1.82, 2.24) is 19.8 Å². The molecule has 132 valence electrons. The maximum Gasteiger partial charge on any atom is 0.259 e. The zero-order chi connectivity index (χ0) is 17.4. The van der Waals surface area contributed by atoms with Gasteiger partial charge in [0.1, 0.15) is 10.7 Å². The molecule has 0 bridgehead atoms. The van der Waals surface area contributed by atoms with Crippen LogP contribution in [0.5, 0.6) is 0 Å². The van der Waals surface area contributed by atoms with Crippen LogP contribution in [0.4, 0.5) is 0 Å². The topological polar surface area (TPSA) is 61.5 Å². The van der Waals surface area contributed by atoms with Gasteiger partial charge in [-0.15, -0.1) is 11.3 Å². The number of H-pyrrole nitrogens is 1. The standard InChI is InChI=1S/C17H26N4O2S/c1-10-11(2)24-17-15(10)16(22)18-14(19-17)9-20(3)7-12-6-13(23-5)8-21(12)4/h12-13H,6-9H2,1-5H3,(H,18,19,22)/t12-,13-/m0/s1. The molecule has 0 aliphatic carbocycles. The van der Waals surface area contributed by atoms with Crippen LogP contribution in [0.3, 0.4) is 0 Å². The fourth-order valence-electron chi connectivity index (χ4n) is 3.47. The second kappa shape index (κ2) is 6.92. The number of likely N-dealkylation sites (N-methyl/N-ethyl adjacent to an activating group) is 2. The van der Waals surface area contributed by atoms with Gasteiger partial charge in [0.15, 0.2) is 0 Å². The van der Waals surface area contributed by atoms with Gasteiger partial charge in [0.05, 0.1) is 18.0 Å². The SMILES string of the molecule is CO[C@H]1C[C@@H](CN(C)Cc2nc3sc(C)c(C)c3c(=O)[nH]2)N(C)C1. The highest BCUT2D eigenvalue weighted by atomic mass is 32.1. The lowest BCUT2D eigenvalue weighted by atomic mass is 10.2. The van der Waals surface area contributed by atoms with Gasteiger partial charge in [-0.1, -0.05) is 0 Å². The zero-order valence-corrected chi connectivity index (χ0v) is 15.9. The summed E-state index contributed by atoms with van der Waals surface area (Å²) in [6.45, 7) is 6.57. The summed E-state index contributed by atoms with van der Waals surface area (Å²) >= 11 is 1.60. The van der Waals surface area contributed by atoms with Crippen LogP contribution in [0.25, 0.3) is 10.2 Å². The van der Waals surface area contributed by atoms with E-state index in [0.717, 1.165) is 46.0 Å². The quantitative estimate of drug-likeness (QED) is 0.890. The first-order valence-corrected chi connectivity index (χ1v) is 9.11. The van der Waals surface area contributed by atoms with E-state index in [9.17, 15) is 4.79 Å². The van der Waals surface area contributed by atoms with E-state index in [1.807, 2.05) is 13.8 Å². The maximum absolute atomic E-state index is 12.4. The van der Waals surface area contributed by atoms with Crippen LogP contribution < -0.4 is 5.56 Å². The molecule has 0 unspecified atom stereocenters. The number of hydrogen-bond donors (Lipinski definition) is 1. The van der Waals surface area contributed by atoms with Gasteiger partial charge in [-0.2, -0.15) is 0 Å². The highest BCUT2D eigenvalue weighted by Gasteiger charge is 2.30. The van der Waals surface area contributed by atoms with E-state index in [0.29, 0.717) is 18.7 Å². The van der Waals surface area contributed by atoms with Crippen LogP contribution in [0, 0.1) is 13.8 Å². The number of fused-ring (bicyclic) bond motifs is 1. The highest BCUT2D eigenvalue weighted by molar-refractivity contribution is 7.18. The van der Waals surface area contributed by atoms with Gasteiger partial charge in [-0.05, 0) is 39.9 Å². The molecule has 1 saturated heterocycles. The molecule has 1 aliphatic heterocycles. The molecule has 2 atom stereocenters. The maximum atomic E-state index is 12.4. The minimum Gasteiger partial charge on any atom is -0.380 e. The van der Waals surface area contributed by atoms with Gasteiger partial charge < -0.3 is 9.72 Å². The van der Waals surface area contributed by atoms with Gasteiger partial charge in [0.2, 0.25) is 0 Å². The van der Waals surface area contributed by atoms with Crippen molar-refractivity contribution in [3.8, 4) is 0 Å². The fraction of sp³-hybridized carbons (Fsp3) is 0.647. The van der Waals surface area contributed by atoms with Crippen molar-refractivity contribution < 1.29 is 4.74 Å². The summed E-state index contributed by atoms with van der Waals surface area (Å²) in [6, 6.07) is 0.474. The number of nitrogens with zero attached hydrogens (tertiary/aromatic N) is 3. The van der Waals surface area contributed by atoms with Crippen molar-refractivity contribution in [1.29, 1.82) is 0 Å². The van der Waals surface area contributed by atoms with Crippen LogP contribution in [0.15, 0.2) is 4.79 Å². The third-order valence-corrected chi connectivity index (χ3v) is 6.11. The zero-order valence-electron chi connectivity index (χ0n) is 15.0. The number of likely N-dealkylation sites (tertiary alicyclic amines) is 1. The third-order valence-electron chi connectivity index (χ3n) is 5.01. The molecule has 6 nitrogen and oxygen atoms in total. The van der Waals surface area contributed by atoms with Gasteiger partial charge in [0.25, 0.3) is 5.56 Å². The average Bonchev–Trinajstić information content (AvgIpc) is 3.00. The molecule has 0 saturated carbocycles.